The molecule has 0 amide bonds. The third-order valence-electron chi connectivity index (χ3n) is 4.13. The molecule has 0 radical (unpaired) electrons. The van der Waals surface area contributed by atoms with Crippen molar-refractivity contribution in [3.8, 4) is 5.75 Å². The number of hydrogen-bond acceptors (Lipinski definition) is 4. The summed E-state index contributed by atoms with van der Waals surface area (Å²) in [7, 11) is 1.95. The van der Waals surface area contributed by atoms with Crippen molar-refractivity contribution in [2.24, 2.45) is 7.05 Å². The van der Waals surface area contributed by atoms with Gasteiger partial charge in [0.25, 0.3) is 0 Å². The maximum atomic E-state index is 6.20. The van der Waals surface area contributed by atoms with Crippen molar-refractivity contribution in [2.75, 3.05) is 13.2 Å². The molecule has 1 N–H and O–H groups in total. The van der Waals surface area contributed by atoms with Crippen LogP contribution in [0.2, 0.25) is 0 Å². The Morgan fingerprint density at radius 1 is 1.29 bits per heavy atom. The van der Waals surface area contributed by atoms with Crippen LogP contribution < -0.4 is 10.1 Å². The highest BCUT2D eigenvalue weighted by Gasteiger charge is 2.44. The molecular weight excluding hydrogens is 266 g/mol. The van der Waals surface area contributed by atoms with Gasteiger partial charge in [0, 0.05) is 26.1 Å². The first-order valence-electron chi connectivity index (χ1n) is 8.10. The SMILES string of the molecule is CCCNC1CC(Oc2c(C)nn(C)c2C)C1OCCC. The number of rotatable bonds is 8. The smallest absolute Gasteiger partial charge is 0.163 e. The molecule has 1 aliphatic carbocycles. The van der Waals surface area contributed by atoms with Crippen LogP contribution in [0.25, 0.3) is 0 Å². The van der Waals surface area contributed by atoms with Crippen LogP contribution in [0.4, 0.5) is 0 Å². The molecule has 3 atom stereocenters. The van der Waals surface area contributed by atoms with E-state index >= 15 is 0 Å². The summed E-state index contributed by atoms with van der Waals surface area (Å²) in [5.74, 6) is 0.918. The lowest BCUT2D eigenvalue weighted by Crippen LogP contribution is -2.61. The molecule has 1 aliphatic rings. The average molecular weight is 295 g/mol. The zero-order valence-corrected chi connectivity index (χ0v) is 14.0. The topological polar surface area (TPSA) is 48.3 Å². The van der Waals surface area contributed by atoms with Crippen LogP contribution in [-0.2, 0) is 11.8 Å². The zero-order valence-electron chi connectivity index (χ0n) is 14.0. The summed E-state index contributed by atoms with van der Waals surface area (Å²) in [5.41, 5.74) is 2.03. The fourth-order valence-electron chi connectivity index (χ4n) is 2.78. The minimum atomic E-state index is 0.132. The largest absolute Gasteiger partial charge is 0.484 e. The van der Waals surface area contributed by atoms with Gasteiger partial charge < -0.3 is 14.8 Å². The van der Waals surface area contributed by atoms with E-state index in [0.717, 1.165) is 49.6 Å². The minimum absolute atomic E-state index is 0.132. The molecule has 0 bridgehead atoms. The first-order chi connectivity index (χ1) is 10.1. The van der Waals surface area contributed by atoms with Gasteiger partial charge in [0.2, 0.25) is 0 Å². The maximum absolute atomic E-state index is 6.20. The molecule has 0 aromatic carbocycles. The Labute approximate surface area is 128 Å². The Morgan fingerprint density at radius 3 is 2.62 bits per heavy atom. The van der Waals surface area contributed by atoms with Crippen LogP contribution in [0.5, 0.6) is 5.75 Å². The van der Waals surface area contributed by atoms with E-state index in [2.05, 4.69) is 24.3 Å². The van der Waals surface area contributed by atoms with Crippen molar-refractivity contribution in [1.82, 2.24) is 15.1 Å². The van der Waals surface area contributed by atoms with Gasteiger partial charge >= 0.3 is 0 Å². The third kappa shape index (κ3) is 3.58. The van der Waals surface area contributed by atoms with Crippen molar-refractivity contribution in [1.29, 1.82) is 0 Å². The summed E-state index contributed by atoms with van der Waals surface area (Å²) in [5, 5.41) is 7.97. The number of ether oxygens (including phenoxy) is 2. The standard InChI is InChI=1S/C16H29N3O2/c1-6-8-17-13-10-14(16(13)20-9-7-2)21-15-11(3)18-19(5)12(15)4/h13-14,16-17H,6-10H2,1-5H3. The van der Waals surface area contributed by atoms with Crippen molar-refractivity contribution in [3.05, 3.63) is 11.4 Å². The highest BCUT2D eigenvalue weighted by molar-refractivity contribution is 5.32. The van der Waals surface area contributed by atoms with Gasteiger partial charge in [-0.25, -0.2) is 0 Å². The van der Waals surface area contributed by atoms with Gasteiger partial charge in [-0.3, -0.25) is 4.68 Å². The van der Waals surface area contributed by atoms with Crippen LogP contribution in [0, 0.1) is 13.8 Å². The zero-order chi connectivity index (χ0) is 15.4. The molecule has 1 aromatic heterocycles. The van der Waals surface area contributed by atoms with E-state index in [0.29, 0.717) is 6.04 Å². The predicted molar refractivity (Wildman–Crippen MR) is 83.8 cm³/mol. The van der Waals surface area contributed by atoms with Crippen LogP contribution >= 0.6 is 0 Å². The lowest BCUT2D eigenvalue weighted by Gasteiger charge is -2.44. The number of aryl methyl sites for hydroxylation is 2. The minimum Gasteiger partial charge on any atom is -0.484 e. The molecule has 5 nitrogen and oxygen atoms in total. The van der Waals surface area contributed by atoms with Gasteiger partial charge in [-0.05, 0) is 33.2 Å². The van der Waals surface area contributed by atoms with E-state index in [-0.39, 0.29) is 12.2 Å². The molecule has 1 heterocycles. The van der Waals surface area contributed by atoms with E-state index in [1.54, 1.807) is 0 Å². The quantitative estimate of drug-likeness (QED) is 0.800. The number of hydrogen-bond donors (Lipinski definition) is 1. The van der Waals surface area contributed by atoms with E-state index in [1.165, 1.54) is 0 Å². The summed E-state index contributed by atoms with van der Waals surface area (Å²) >= 11 is 0. The Kier molecular flexibility index (Phi) is 5.65. The maximum Gasteiger partial charge on any atom is 0.163 e. The lowest BCUT2D eigenvalue weighted by molar-refractivity contribution is -0.108. The molecule has 1 saturated carbocycles. The normalized spacial score (nSPS) is 24.9. The molecule has 5 heteroatoms. The Balaban J connectivity index is 1.98. The summed E-state index contributed by atoms with van der Waals surface area (Å²) in [6.45, 7) is 10.2. The Morgan fingerprint density at radius 2 is 2.05 bits per heavy atom. The fourth-order valence-corrected chi connectivity index (χ4v) is 2.78. The van der Waals surface area contributed by atoms with Gasteiger partial charge in [-0.1, -0.05) is 13.8 Å². The molecule has 0 saturated heterocycles. The highest BCUT2D eigenvalue weighted by atomic mass is 16.5. The molecule has 3 unspecified atom stereocenters. The van der Waals surface area contributed by atoms with Crippen molar-refractivity contribution < 1.29 is 9.47 Å². The Bertz CT molecular complexity index is 459. The van der Waals surface area contributed by atoms with Crippen LogP contribution in [0.1, 0.15) is 44.5 Å². The van der Waals surface area contributed by atoms with Gasteiger partial charge in [-0.15, -0.1) is 0 Å². The van der Waals surface area contributed by atoms with Crippen molar-refractivity contribution >= 4 is 0 Å². The van der Waals surface area contributed by atoms with E-state index in [9.17, 15) is 0 Å². The summed E-state index contributed by atoms with van der Waals surface area (Å²) < 4.78 is 14.1. The van der Waals surface area contributed by atoms with Gasteiger partial charge in [-0.2, -0.15) is 5.10 Å². The van der Waals surface area contributed by atoms with Crippen LogP contribution in [0.3, 0.4) is 0 Å². The van der Waals surface area contributed by atoms with E-state index in [1.807, 2.05) is 25.6 Å². The van der Waals surface area contributed by atoms with Gasteiger partial charge in [0.15, 0.2) is 5.75 Å². The molecule has 0 spiro atoms. The molecule has 2 rings (SSSR count). The molecule has 1 fully saturated rings. The number of aromatic nitrogens is 2. The van der Waals surface area contributed by atoms with Crippen LogP contribution in [0.15, 0.2) is 0 Å². The number of nitrogens with one attached hydrogen (secondary N) is 1. The van der Waals surface area contributed by atoms with Crippen molar-refractivity contribution in [2.45, 2.75) is 65.2 Å². The first-order valence-corrected chi connectivity index (χ1v) is 8.10. The molecule has 0 aliphatic heterocycles. The van der Waals surface area contributed by atoms with Gasteiger partial charge in [0.05, 0.1) is 5.69 Å². The van der Waals surface area contributed by atoms with Crippen LogP contribution in [-0.4, -0.2) is 41.2 Å². The summed E-state index contributed by atoms with van der Waals surface area (Å²) in [6.07, 6.45) is 3.46. The third-order valence-corrected chi connectivity index (χ3v) is 4.13. The average Bonchev–Trinajstić information content (AvgIpc) is 2.68. The second-order valence-electron chi connectivity index (χ2n) is 5.91. The molecule has 21 heavy (non-hydrogen) atoms. The van der Waals surface area contributed by atoms with Crippen molar-refractivity contribution in [3.63, 3.8) is 0 Å². The Hall–Kier alpha value is -1.07. The van der Waals surface area contributed by atoms with E-state index < -0.39 is 0 Å². The molecule has 120 valence electrons. The second-order valence-corrected chi connectivity index (χ2v) is 5.91. The fraction of sp³-hybridized carbons (Fsp3) is 0.812. The number of nitrogens with zero attached hydrogens (tertiary/aromatic N) is 2. The van der Waals surface area contributed by atoms with Gasteiger partial charge in [0.1, 0.15) is 17.9 Å². The molecule has 1 aromatic rings. The summed E-state index contributed by atoms with van der Waals surface area (Å²) in [4.78, 5) is 0. The lowest BCUT2D eigenvalue weighted by atomic mass is 9.85. The molecular formula is C16H29N3O2. The van der Waals surface area contributed by atoms with E-state index in [4.69, 9.17) is 9.47 Å². The first kappa shape index (κ1) is 16.3. The highest BCUT2D eigenvalue weighted by Crippen LogP contribution is 2.32. The predicted octanol–water partition coefficient (Wildman–Crippen LogP) is 2.35. The second kappa shape index (κ2) is 7.27. The monoisotopic (exact) mass is 295 g/mol. The summed E-state index contributed by atoms with van der Waals surface area (Å²) in [6, 6.07) is 0.416.